The van der Waals surface area contributed by atoms with Crippen molar-refractivity contribution in [3.63, 3.8) is 0 Å². The average molecular weight is 394 g/mol. The van der Waals surface area contributed by atoms with Gasteiger partial charge in [-0.2, -0.15) is 0 Å². The molecule has 2 aliphatic heterocycles. The van der Waals surface area contributed by atoms with E-state index in [1.165, 1.54) is 0 Å². The van der Waals surface area contributed by atoms with Crippen molar-refractivity contribution in [2.75, 3.05) is 26.7 Å². The number of ether oxygens (including phenoxy) is 1. The Hall–Kier alpha value is -2.86. The molecule has 0 saturated carbocycles. The van der Waals surface area contributed by atoms with E-state index in [-0.39, 0.29) is 11.9 Å². The summed E-state index contributed by atoms with van der Waals surface area (Å²) in [6.07, 6.45) is 0. The second-order valence-corrected chi connectivity index (χ2v) is 8.01. The second-order valence-electron chi connectivity index (χ2n) is 8.01. The van der Waals surface area contributed by atoms with Gasteiger partial charge in [0, 0.05) is 39.0 Å². The molecule has 0 aromatic heterocycles. The summed E-state index contributed by atoms with van der Waals surface area (Å²) >= 11 is 0. The van der Waals surface area contributed by atoms with Crippen molar-refractivity contribution in [1.82, 2.24) is 9.80 Å². The van der Waals surface area contributed by atoms with Gasteiger partial charge in [0.25, 0.3) is 0 Å². The summed E-state index contributed by atoms with van der Waals surface area (Å²) in [5.41, 5.74) is 2.47. The van der Waals surface area contributed by atoms with Crippen molar-refractivity contribution in [3.05, 3.63) is 65.2 Å². The summed E-state index contributed by atoms with van der Waals surface area (Å²) < 4.78 is 5.27. The Morgan fingerprint density at radius 3 is 2.52 bits per heavy atom. The molecule has 152 valence electrons. The van der Waals surface area contributed by atoms with Gasteiger partial charge in [0.2, 0.25) is 5.91 Å². The van der Waals surface area contributed by atoms with Gasteiger partial charge in [-0.05, 0) is 41.3 Å². The van der Waals surface area contributed by atoms with Crippen LogP contribution in [0.1, 0.15) is 34.5 Å². The molecule has 6 nitrogen and oxygen atoms in total. The van der Waals surface area contributed by atoms with E-state index in [1.54, 1.807) is 32.2 Å². The van der Waals surface area contributed by atoms with Crippen LogP contribution in [0.15, 0.2) is 48.5 Å². The quantitative estimate of drug-likeness (QED) is 0.844. The number of carboxylic acid groups (broad SMARTS) is 1. The Balaban J connectivity index is 1.52. The lowest BCUT2D eigenvalue weighted by molar-refractivity contribution is -0.130. The van der Waals surface area contributed by atoms with E-state index in [4.69, 9.17) is 4.74 Å². The number of carboxylic acids is 1. The van der Waals surface area contributed by atoms with Gasteiger partial charge in [-0.25, -0.2) is 4.79 Å². The van der Waals surface area contributed by atoms with Gasteiger partial charge in [0.1, 0.15) is 5.75 Å². The zero-order chi connectivity index (χ0) is 20.5. The summed E-state index contributed by atoms with van der Waals surface area (Å²) in [7, 11) is 1.65. The Bertz CT molecular complexity index is 911. The monoisotopic (exact) mass is 394 g/mol. The molecule has 2 aromatic rings. The second kappa shape index (κ2) is 7.87. The molecule has 4 rings (SSSR count). The first kappa shape index (κ1) is 19.5. The van der Waals surface area contributed by atoms with E-state index in [1.807, 2.05) is 23.1 Å². The largest absolute Gasteiger partial charge is 0.497 e. The third kappa shape index (κ3) is 3.85. The fourth-order valence-electron chi connectivity index (χ4n) is 4.88. The van der Waals surface area contributed by atoms with E-state index < -0.39 is 5.97 Å². The van der Waals surface area contributed by atoms with E-state index in [2.05, 4.69) is 17.0 Å². The number of hydrogen-bond donors (Lipinski definition) is 1. The van der Waals surface area contributed by atoms with Crippen LogP contribution < -0.4 is 4.74 Å². The van der Waals surface area contributed by atoms with Crippen molar-refractivity contribution in [2.45, 2.75) is 19.5 Å². The van der Waals surface area contributed by atoms with E-state index in [0.717, 1.165) is 43.1 Å². The molecular formula is C23H26N2O4. The first-order valence-electron chi connectivity index (χ1n) is 9.92. The molecule has 1 amide bonds. The lowest BCUT2D eigenvalue weighted by Crippen LogP contribution is -2.34. The predicted octanol–water partition coefficient (Wildman–Crippen LogP) is 3.04. The van der Waals surface area contributed by atoms with Gasteiger partial charge in [-0.1, -0.05) is 24.3 Å². The number of fused-ring (bicyclic) bond motifs is 1. The van der Waals surface area contributed by atoms with Crippen molar-refractivity contribution < 1.29 is 19.4 Å². The first-order chi connectivity index (χ1) is 14.0. The van der Waals surface area contributed by atoms with Crippen LogP contribution in [-0.4, -0.2) is 53.5 Å². The third-order valence-electron chi connectivity index (χ3n) is 6.18. The van der Waals surface area contributed by atoms with Crippen LogP contribution in [0.25, 0.3) is 0 Å². The van der Waals surface area contributed by atoms with Gasteiger partial charge in [0.05, 0.1) is 18.7 Å². The number of hydrogen-bond acceptors (Lipinski definition) is 4. The minimum absolute atomic E-state index is 0.0683. The highest BCUT2D eigenvalue weighted by atomic mass is 16.5. The van der Waals surface area contributed by atoms with Gasteiger partial charge >= 0.3 is 5.97 Å². The summed E-state index contributed by atoms with van der Waals surface area (Å²) in [5.74, 6) is 0.815. The van der Waals surface area contributed by atoms with Crippen molar-refractivity contribution in [3.8, 4) is 5.75 Å². The Kier molecular flexibility index (Phi) is 5.28. The maximum atomic E-state index is 12.3. The Morgan fingerprint density at radius 1 is 1.10 bits per heavy atom. The van der Waals surface area contributed by atoms with Crippen molar-refractivity contribution in [2.24, 2.45) is 11.8 Å². The maximum Gasteiger partial charge on any atom is 0.335 e. The molecule has 0 bridgehead atoms. The lowest BCUT2D eigenvalue weighted by atomic mass is 9.89. The van der Waals surface area contributed by atoms with Crippen LogP contribution in [0.4, 0.5) is 0 Å². The lowest BCUT2D eigenvalue weighted by Gasteiger charge is -2.29. The molecule has 3 atom stereocenters. The molecule has 0 unspecified atom stereocenters. The summed E-state index contributed by atoms with van der Waals surface area (Å²) in [5, 5.41) is 9.22. The smallest absolute Gasteiger partial charge is 0.335 e. The molecule has 6 heteroatoms. The highest BCUT2D eigenvalue weighted by molar-refractivity contribution is 5.87. The third-order valence-corrected chi connectivity index (χ3v) is 6.18. The number of methoxy groups -OCH3 is 1. The van der Waals surface area contributed by atoms with Gasteiger partial charge < -0.3 is 14.7 Å². The number of rotatable bonds is 5. The highest BCUT2D eigenvalue weighted by Crippen LogP contribution is 2.45. The molecule has 29 heavy (non-hydrogen) atoms. The molecule has 2 aliphatic rings. The van der Waals surface area contributed by atoms with Gasteiger partial charge in [0.15, 0.2) is 0 Å². The van der Waals surface area contributed by atoms with Gasteiger partial charge in [-0.15, -0.1) is 0 Å². The van der Waals surface area contributed by atoms with Crippen LogP contribution in [0.3, 0.4) is 0 Å². The number of carbonyl (C=O) groups excluding carboxylic acids is 1. The molecule has 2 fully saturated rings. The molecular weight excluding hydrogens is 368 g/mol. The summed E-state index contributed by atoms with van der Waals surface area (Å²) in [6.45, 7) is 4.94. The fraction of sp³-hybridized carbons (Fsp3) is 0.391. The van der Waals surface area contributed by atoms with Crippen LogP contribution in [0.2, 0.25) is 0 Å². The van der Waals surface area contributed by atoms with Crippen LogP contribution in [0, 0.1) is 11.8 Å². The highest BCUT2D eigenvalue weighted by Gasteiger charge is 2.48. The van der Waals surface area contributed by atoms with E-state index >= 15 is 0 Å². The standard InChI is InChI=1S/C23H26N2O4/c1-15(26)25-13-19-12-24(11-16-4-3-5-18(10-16)23(27)28)14-21(19)22(25)17-6-8-20(29-2)9-7-17/h3-10,19,21-22H,11-14H2,1-2H3,(H,27,28)/t19-,21-,22+/m1/s1. The number of nitrogens with zero attached hydrogens (tertiary/aromatic N) is 2. The first-order valence-corrected chi connectivity index (χ1v) is 9.92. The van der Waals surface area contributed by atoms with Gasteiger partial charge in [-0.3, -0.25) is 9.69 Å². The SMILES string of the molecule is COc1ccc([C@H]2[C@@H]3CN(Cc4cccc(C(=O)O)c4)C[C@@H]3CN2C(C)=O)cc1. The average Bonchev–Trinajstić information content (AvgIpc) is 3.25. The van der Waals surface area contributed by atoms with E-state index in [0.29, 0.717) is 17.4 Å². The molecule has 0 radical (unpaired) electrons. The predicted molar refractivity (Wildman–Crippen MR) is 109 cm³/mol. The fourth-order valence-corrected chi connectivity index (χ4v) is 4.88. The number of benzene rings is 2. The minimum Gasteiger partial charge on any atom is -0.497 e. The molecule has 2 heterocycles. The molecule has 2 saturated heterocycles. The Morgan fingerprint density at radius 2 is 1.86 bits per heavy atom. The number of amides is 1. The zero-order valence-electron chi connectivity index (χ0n) is 16.7. The normalized spacial score (nSPS) is 23.8. The summed E-state index contributed by atoms with van der Waals surface area (Å²) in [4.78, 5) is 27.9. The maximum absolute atomic E-state index is 12.3. The van der Waals surface area contributed by atoms with Crippen molar-refractivity contribution >= 4 is 11.9 Å². The summed E-state index contributed by atoms with van der Waals surface area (Å²) in [6, 6.07) is 15.2. The number of likely N-dealkylation sites (tertiary alicyclic amines) is 2. The molecule has 0 aliphatic carbocycles. The minimum atomic E-state index is -0.901. The molecule has 2 aromatic carbocycles. The van der Waals surface area contributed by atoms with Crippen LogP contribution in [-0.2, 0) is 11.3 Å². The topological polar surface area (TPSA) is 70.1 Å². The molecule has 0 spiro atoms. The number of carbonyl (C=O) groups is 2. The number of aromatic carboxylic acids is 1. The molecule has 1 N–H and O–H groups in total. The zero-order valence-corrected chi connectivity index (χ0v) is 16.7. The van der Waals surface area contributed by atoms with E-state index in [9.17, 15) is 14.7 Å². The van der Waals surface area contributed by atoms with Crippen LogP contribution in [0.5, 0.6) is 5.75 Å². The van der Waals surface area contributed by atoms with Crippen molar-refractivity contribution in [1.29, 1.82) is 0 Å². The Labute approximate surface area is 170 Å². The van der Waals surface area contributed by atoms with Crippen LogP contribution >= 0.6 is 0 Å².